The fraction of sp³-hybridized carbons (Fsp3) is 0.765. The second-order valence-electron chi connectivity index (χ2n) is 6.98. The Morgan fingerprint density at radius 1 is 1.25 bits per heavy atom. The van der Waals surface area contributed by atoms with Gasteiger partial charge >= 0.3 is 0 Å². The van der Waals surface area contributed by atoms with E-state index in [1.54, 1.807) is 0 Å². The number of anilines is 3. The van der Waals surface area contributed by atoms with Crippen LogP contribution in [0.3, 0.4) is 0 Å². The number of hydrogen-bond acceptors (Lipinski definition) is 7. The molecule has 2 aliphatic heterocycles. The third kappa shape index (κ3) is 3.72. The first kappa shape index (κ1) is 17.2. The Kier molecular flexibility index (Phi) is 5.40. The van der Waals surface area contributed by atoms with E-state index in [0.29, 0.717) is 25.0 Å². The predicted molar refractivity (Wildman–Crippen MR) is 95.4 cm³/mol. The van der Waals surface area contributed by atoms with Gasteiger partial charge in [-0.1, -0.05) is 13.3 Å². The quantitative estimate of drug-likeness (QED) is 0.838. The van der Waals surface area contributed by atoms with Gasteiger partial charge in [0.15, 0.2) is 0 Å². The van der Waals surface area contributed by atoms with E-state index in [4.69, 9.17) is 15.5 Å². The maximum Gasteiger partial charge on any atom is 0.229 e. The molecule has 0 saturated carbocycles. The van der Waals surface area contributed by atoms with Crippen molar-refractivity contribution in [1.82, 2.24) is 9.97 Å². The Hall–Kier alpha value is -1.60. The zero-order valence-electron chi connectivity index (χ0n) is 14.6. The Labute approximate surface area is 143 Å². The highest BCUT2D eigenvalue weighted by atomic mass is 16.5. The highest BCUT2D eigenvalue weighted by molar-refractivity contribution is 5.53. The first-order chi connectivity index (χ1) is 11.7. The summed E-state index contributed by atoms with van der Waals surface area (Å²) in [5.74, 6) is 2.05. The van der Waals surface area contributed by atoms with Crippen LogP contribution in [0.1, 0.15) is 32.6 Å². The van der Waals surface area contributed by atoms with Crippen molar-refractivity contribution in [2.45, 2.75) is 32.6 Å². The van der Waals surface area contributed by atoms with Crippen LogP contribution in [0.5, 0.6) is 0 Å². The number of nitrogen functional groups attached to an aromatic ring is 1. The summed E-state index contributed by atoms with van der Waals surface area (Å²) >= 11 is 0. The van der Waals surface area contributed by atoms with E-state index < -0.39 is 0 Å². The molecule has 3 N–H and O–H groups in total. The van der Waals surface area contributed by atoms with Crippen LogP contribution in [0.2, 0.25) is 0 Å². The Bertz CT molecular complexity index is 546. The van der Waals surface area contributed by atoms with Crippen molar-refractivity contribution in [1.29, 1.82) is 0 Å². The van der Waals surface area contributed by atoms with Gasteiger partial charge < -0.3 is 25.4 Å². The zero-order chi connectivity index (χ0) is 17.0. The molecule has 0 bridgehead atoms. The van der Waals surface area contributed by atoms with Gasteiger partial charge in [0.05, 0.1) is 19.8 Å². The fourth-order valence-electron chi connectivity index (χ4n) is 3.85. The number of nitrogens with two attached hydrogens (primary N) is 1. The lowest BCUT2D eigenvalue weighted by Crippen LogP contribution is -2.46. The minimum atomic E-state index is -0.0220. The number of rotatable bonds is 5. The lowest BCUT2D eigenvalue weighted by molar-refractivity contribution is 0.0952. The second-order valence-corrected chi connectivity index (χ2v) is 6.98. The second kappa shape index (κ2) is 7.53. The van der Waals surface area contributed by atoms with E-state index in [0.717, 1.165) is 57.7 Å². The smallest absolute Gasteiger partial charge is 0.229 e. The lowest BCUT2D eigenvalue weighted by atomic mass is 9.77. The van der Waals surface area contributed by atoms with Crippen molar-refractivity contribution in [3.05, 3.63) is 6.07 Å². The molecule has 3 heterocycles. The van der Waals surface area contributed by atoms with Crippen LogP contribution in [0.15, 0.2) is 6.07 Å². The van der Waals surface area contributed by atoms with Gasteiger partial charge in [-0.25, -0.2) is 0 Å². The molecule has 1 atom stereocenters. The minimum absolute atomic E-state index is 0.0220. The van der Waals surface area contributed by atoms with Crippen molar-refractivity contribution in [2.75, 3.05) is 61.5 Å². The summed E-state index contributed by atoms with van der Waals surface area (Å²) in [6.07, 6.45) is 4.26. The Morgan fingerprint density at radius 3 is 2.75 bits per heavy atom. The van der Waals surface area contributed by atoms with Crippen LogP contribution in [-0.2, 0) is 4.74 Å². The summed E-state index contributed by atoms with van der Waals surface area (Å²) < 4.78 is 5.40. The van der Waals surface area contributed by atoms with Gasteiger partial charge in [0.25, 0.3) is 0 Å². The highest BCUT2D eigenvalue weighted by Gasteiger charge is 2.35. The molecule has 2 fully saturated rings. The van der Waals surface area contributed by atoms with Gasteiger partial charge in [0.2, 0.25) is 5.95 Å². The van der Waals surface area contributed by atoms with Crippen LogP contribution in [-0.4, -0.2) is 61.1 Å². The number of morpholine rings is 1. The van der Waals surface area contributed by atoms with E-state index in [2.05, 4.69) is 21.7 Å². The van der Waals surface area contributed by atoms with Crippen molar-refractivity contribution in [3.8, 4) is 0 Å². The largest absolute Gasteiger partial charge is 0.396 e. The number of hydrogen-bond donors (Lipinski definition) is 2. The summed E-state index contributed by atoms with van der Waals surface area (Å²) in [5, 5.41) is 9.94. The number of ether oxygens (including phenoxy) is 1. The molecule has 0 radical (unpaired) electrons. The van der Waals surface area contributed by atoms with Crippen LogP contribution >= 0.6 is 0 Å². The summed E-state index contributed by atoms with van der Waals surface area (Å²) in [4.78, 5) is 13.6. The molecule has 2 aliphatic rings. The SMILES string of the molecule is CCCC1(CO)CCCN(c2cc(N)nc(N3CCOCC3)n2)C1. The molecule has 1 aromatic heterocycles. The molecule has 0 aliphatic carbocycles. The van der Waals surface area contributed by atoms with Gasteiger partial charge in [-0.2, -0.15) is 9.97 Å². The maximum atomic E-state index is 9.94. The van der Waals surface area contributed by atoms with Crippen molar-refractivity contribution in [3.63, 3.8) is 0 Å². The maximum absolute atomic E-state index is 9.94. The molecule has 1 unspecified atom stereocenters. The average Bonchev–Trinajstić information content (AvgIpc) is 2.62. The topological polar surface area (TPSA) is 87.7 Å². The first-order valence-electron chi connectivity index (χ1n) is 8.99. The summed E-state index contributed by atoms with van der Waals surface area (Å²) in [6, 6.07) is 1.85. The molecule has 0 amide bonds. The molecule has 134 valence electrons. The van der Waals surface area contributed by atoms with E-state index in [9.17, 15) is 5.11 Å². The fourth-order valence-corrected chi connectivity index (χ4v) is 3.85. The van der Waals surface area contributed by atoms with E-state index in [1.165, 1.54) is 0 Å². The number of aliphatic hydroxyl groups excluding tert-OH is 1. The molecule has 2 saturated heterocycles. The van der Waals surface area contributed by atoms with Gasteiger partial charge in [-0.05, 0) is 19.3 Å². The lowest BCUT2D eigenvalue weighted by Gasteiger charge is -2.42. The average molecular weight is 335 g/mol. The van der Waals surface area contributed by atoms with Crippen molar-refractivity contribution < 1.29 is 9.84 Å². The molecular formula is C17H29N5O2. The highest BCUT2D eigenvalue weighted by Crippen LogP contribution is 2.36. The van der Waals surface area contributed by atoms with Crippen molar-refractivity contribution in [2.24, 2.45) is 5.41 Å². The number of piperidine rings is 1. The molecule has 7 nitrogen and oxygen atoms in total. The zero-order valence-corrected chi connectivity index (χ0v) is 14.6. The monoisotopic (exact) mass is 335 g/mol. The van der Waals surface area contributed by atoms with Crippen LogP contribution in [0, 0.1) is 5.41 Å². The van der Waals surface area contributed by atoms with Crippen molar-refractivity contribution >= 4 is 17.6 Å². The molecule has 3 rings (SSSR count). The van der Waals surface area contributed by atoms with E-state index in [-0.39, 0.29) is 12.0 Å². The third-order valence-corrected chi connectivity index (χ3v) is 5.12. The Balaban J connectivity index is 1.81. The van der Waals surface area contributed by atoms with Crippen LogP contribution < -0.4 is 15.5 Å². The molecule has 0 spiro atoms. The molecule has 0 aromatic carbocycles. The van der Waals surface area contributed by atoms with E-state index >= 15 is 0 Å². The van der Waals surface area contributed by atoms with Gasteiger partial charge in [0.1, 0.15) is 11.6 Å². The number of aromatic nitrogens is 2. The first-order valence-corrected chi connectivity index (χ1v) is 8.99. The number of aliphatic hydroxyl groups is 1. The van der Waals surface area contributed by atoms with Gasteiger partial charge in [0, 0.05) is 37.7 Å². The van der Waals surface area contributed by atoms with Gasteiger partial charge in [-0.15, -0.1) is 0 Å². The number of nitrogens with zero attached hydrogens (tertiary/aromatic N) is 4. The summed E-state index contributed by atoms with van der Waals surface area (Å²) in [5.41, 5.74) is 6.02. The molecule has 1 aromatic rings. The van der Waals surface area contributed by atoms with E-state index in [1.807, 2.05) is 6.07 Å². The minimum Gasteiger partial charge on any atom is -0.396 e. The van der Waals surface area contributed by atoms with Gasteiger partial charge in [-0.3, -0.25) is 0 Å². The van der Waals surface area contributed by atoms with Crippen LogP contribution in [0.25, 0.3) is 0 Å². The predicted octanol–water partition coefficient (Wildman–Crippen LogP) is 1.27. The molecular weight excluding hydrogens is 306 g/mol. The summed E-state index contributed by atoms with van der Waals surface area (Å²) in [6.45, 7) is 7.16. The standard InChI is InChI=1S/C17H29N5O2/c1-2-4-17(13-23)5-3-6-22(12-17)15-11-14(18)19-16(20-15)21-7-9-24-10-8-21/h11,23H,2-10,12-13H2,1H3,(H2,18,19,20). The molecule has 24 heavy (non-hydrogen) atoms. The Morgan fingerprint density at radius 2 is 2.04 bits per heavy atom. The molecule has 7 heteroatoms. The summed E-state index contributed by atoms with van der Waals surface area (Å²) in [7, 11) is 0. The normalized spacial score (nSPS) is 25.1. The van der Waals surface area contributed by atoms with Crippen LogP contribution in [0.4, 0.5) is 17.6 Å². The third-order valence-electron chi connectivity index (χ3n) is 5.12.